The summed E-state index contributed by atoms with van der Waals surface area (Å²) >= 11 is 0. The number of nitrogens with zero attached hydrogens (tertiary/aromatic N) is 3. The minimum atomic E-state index is -0.0986. The van der Waals surface area contributed by atoms with E-state index in [1.54, 1.807) is 0 Å². The standard InChI is InChI=1S/C15H17N5O2/c21-8-13-16-11-2-1-10(7-12(11)17-13)15-18-14(19-20-15)9-3-5-22-6-4-9/h1-2,7,9,21H,3-6,8H2,(H,16,17)(H,18,19,20). The number of imidazole rings is 1. The predicted molar refractivity (Wildman–Crippen MR) is 80.2 cm³/mol. The van der Waals surface area contributed by atoms with Crippen LogP contribution >= 0.6 is 0 Å². The van der Waals surface area contributed by atoms with Crippen molar-refractivity contribution in [1.29, 1.82) is 0 Å². The van der Waals surface area contributed by atoms with Crippen molar-refractivity contribution >= 4 is 11.0 Å². The first-order valence-electron chi connectivity index (χ1n) is 7.43. The molecule has 0 amide bonds. The van der Waals surface area contributed by atoms with E-state index >= 15 is 0 Å². The van der Waals surface area contributed by atoms with Crippen molar-refractivity contribution in [3.05, 3.63) is 29.8 Å². The van der Waals surface area contributed by atoms with Crippen molar-refractivity contribution in [3.8, 4) is 11.4 Å². The van der Waals surface area contributed by atoms with Gasteiger partial charge in [0.05, 0.1) is 11.0 Å². The number of H-pyrrole nitrogens is 2. The maximum atomic E-state index is 9.14. The lowest BCUT2D eigenvalue weighted by Gasteiger charge is -2.19. The predicted octanol–water partition coefficient (Wildman–Crippen LogP) is 1.73. The fourth-order valence-corrected chi connectivity index (χ4v) is 2.83. The Morgan fingerprint density at radius 2 is 2.09 bits per heavy atom. The topological polar surface area (TPSA) is 99.7 Å². The van der Waals surface area contributed by atoms with E-state index in [1.807, 2.05) is 18.2 Å². The van der Waals surface area contributed by atoms with Crippen molar-refractivity contribution in [1.82, 2.24) is 25.1 Å². The van der Waals surface area contributed by atoms with Crippen molar-refractivity contribution in [3.63, 3.8) is 0 Å². The van der Waals surface area contributed by atoms with Gasteiger partial charge in [-0.15, -0.1) is 0 Å². The Balaban J connectivity index is 1.65. The third-order valence-corrected chi connectivity index (χ3v) is 4.05. The Kier molecular flexibility index (Phi) is 3.36. The second-order valence-electron chi connectivity index (χ2n) is 5.50. The molecule has 0 spiro atoms. The van der Waals surface area contributed by atoms with E-state index < -0.39 is 0 Å². The van der Waals surface area contributed by atoms with Crippen molar-refractivity contribution in [2.24, 2.45) is 0 Å². The van der Waals surface area contributed by atoms with Gasteiger partial charge in [-0.2, -0.15) is 5.10 Å². The Bertz CT molecular complexity index is 788. The molecule has 1 aromatic carbocycles. The number of aromatic nitrogens is 5. The first kappa shape index (κ1) is 13.4. The Hall–Kier alpha value is -2.25. The zero-order valence-electron chi connectivity index (χ0n) is 12.0. The number of ether oxygens (including phenoxy) is 1. The third kappa shape index (κ3) is 2.38. The molecule has 0 atom stereocenters. The molecular weight excluding hydrogens is 282 g/mol. The molecule has 1 aliphatic rings. The zero-order valence-corrected chi connectivity index (χ0v) is 12.0. The van der Waals surface area contributed by atoms with Gasteiger partial charge in [-0.1, -0.05) is 0 Å². The summed E-state index contributed by atoms with van der Waals surface area (Å²) in [7, 11) is 0. The van der Waals surface area contributed by atoms with E-state index in [4.69, 9.17) is 9.84 Å². The summed E-state index contributed by atoms with van der Waals surface area (Å²) in [6.07, 6.45) is 1.96. The highest BCUT2D eigenvalue weighted by atomic mass is 16.5. The number of nitrogens with one attached hydrogen (secondary N) is 2. The summed E-state index contributed by atoms with van der Waals surface area (Å²) in [4.78, 5) is 12.0. The smallest absolute Gasteiger partial charge is 0.181 e. The SMILES string of the molecule is OCc1nc2ccc(-c3n[nH]c(C4CCOCC4)n3)cc2[nH]1. The Labute approximate surface area is 126 Å². The van der Waals surface area contributed by atoms with E-state index in [0.29, 0.717) is 17.6 Å². The minimum absolute atomic E-state index is 0.0986. The van der Waals surface area contributed by atoms with Crippen LogP contribution in [0.2, 0.25) is 0 Å². The number of hydrogen-bond acceptors (Lipinski definition) is 5. The van der Waals surface area contributed by atoms with Crippen molar-refractivity contribution in [2.75, 3.05) is 13.2 Å². The van der Waals surface area contributed by atoms with Gasteiger partial charge in [0.2, 0.25) is 0 Å². The number of aliphatic hydroxyl groups is 1. The molecule has 7 heteroatoms. The van der Waals surface area contributed by atoms with Gasteiger partial charge in [-0.3, -0.25) is 5.10 Å². The van der Waals surface area contributed by atoms with Crippen LogP contribution in [0.5, 0.6) is 0 Å². The van der Waals surface area contributed by atoms with E-state index in [0.717, 1.165) is 48.5 Å². The highest BCUT2D eigenvalue weighted by Gasteiger charge is 2.20. The van der Waals surface area contributed by atoms with Gasteiger partial charge in [0.25, 0.3) is 0 Å². The molecule has 0 aliphatic carbocycles. The van der Waals surface area contributed by atoms with Crippen LogP contribution in [0, 0.1) is 0 Å². The lowest BCUT2D eigenvalue weighted by Crippen LogP contribution is -2.15. The van der Waals surface area contributed by atoms with Gasteiger partial charge in [-0.05, 0) is 31.0 Å². The summed E-state index contributed by atoms with van der Waals surface area (Å²) in [5, 5.41) is 16.5. The van der Waals surface area contributed by atoms with Crippen LogP contribution in [-0.2, 0) is 11.3 Å². The van der Waals surface area contributed by atoms with Crippen LogP contribution in [-0.4, -0.2) is 43.5 Å². The maximum Gasteiger partial charge on any atom is 0.181 e. The summed E-state index contributed by atoms with van der Waals surface area (Å²) in [5.41, 5.74) is 2.63. The summed E-state index contributed by atoms with van der Waals surface area (Å²) in [6.45, 7) is 1.47. The molecule has 3 N–H and O–H groups in total. The second kappa shape index (κ2) is 5.51. The molecule has 3 aromatic rings. The molecular formula is C15H17N5O2. The average molecular weight is 299 g/mol. The number of rotatable bonds is 3. The first-order chi connectivity index (χ1) is 10.8. The van der Waals surface area contributed by atoms with Crippen molar-refractivity contribution < 1.29 is 9.84 Å². The second-order valence-corrected chi connectivity index (χ2v) is 5.50. The number of aliphatic hydroxyl groups excluding tert-OH is 1. The van der Waals surface area contributed by atoms with Gasteiger partial charge in [0.1, 0.15) is 18.3 Å². The molecule has 0 saturated carbocycles. The lowest BCUT2D eigenvalue weighted by molar-refractivity contribution is 0.0836. The van der Waals surface area contributed by atoms with Crippen molar-refractivity contribution in [2.45, 2.75) is 25.4 Å². The molecule has 114 valence electrons. The zero-order chi connectivity index (χ0) is 14.9. The monoisotopic (exact) mass is 299 g/mol. The summed E-state index contributed by atoms with van der Waals surface area (Å²) in [5.74, 6) is 2.57. The molecule has 1 saturated heterocycles. The Morgan fingerprint density at radius 1 is 1.23 bits per heavy atom. The van der Waals surface area contributed by atoms with E-state index in [9.17, 15) is 0 Å². The van der Waals surface area contributed by atoms with Crippen LogP contribution in [0.3, 0.4) is 0 Å². The quantitative estimate of drug-likeness (QED) is 0.684. The summed E-state index contributed by atoms with van der Waals surface area (Å²) in [6, 6.07) is 5.81. The fourth-order valence-electron chi connectivity index (χ4n) is 2.83. The van der Waals surface area contributed by atoms with Gasteiger partial charge in [0.15, 0.2) is 5.82 Å². The number of benzene rings is 1. The molecule has 22 heavy (non-hydrogen) atoms. The van der Waals surface area contributed by atoms with E-state index in [1.165, 1.54) is 0 Å². The molecule has 3 heterocycles. The first-order valence-corrected chi connectivity index (χ1v) is 7.43. The van der Waals surface area contributed by atoms with Gasteiger partial charge in [0, 0.05) is 24.7 Å². The van der Waals surface area contributed by atoms with Crippen LogP contribution in [0.15, 0.2) is 18.2 Å². The van der Waals surface area contributed by atoms with Crippen LogP contribution < -0.4 is 0 Å². The fraction of sp³-hybridized carbons (Fsp3) is 0.400. The van der Waals surface area contributed by atoms with Crippen LogP contribution in [0.1, 0.15) is 30.4 Å². The molecule has 1 aliphatic heterocycles. The van der Waals surface area contributed by atoms with Gasteiger partial charge in [-0.25, -0.2) is 9.97 Å². The highest BCUT2D eigenvalue weighted by molar-refractivity contribution is 5.80. The molecule has 2 aromatic heterocycles. The van der Waals surface area contributed by atoms with E-state index in [-0.39, 0.29) is 6.61 Å². The van der Waals surface area contributed by atoms with Gasteiger partial charge < -0.3 is 14.8 Å². The number of fused-ring (bicyclic) bond motifs is 1. The summed E-state index contributed by atoms with van der Waals surface area (Å²) < 4.78 is 5.38. The minimum Gasteiger partial charge on any atom is -0.388 e. The van der Waals surface area contributed by atoms with Gasteiger partial charge >= 0.3 is 0 Å². The Morgan fingerprint density at radius 3 is 2.91 bits per heavy atom. The number of aromatic amines is 2. The lowest BCUT2D eigenvalue weighted by atomic mass is 10.00. The molecule has 0 radical (unpaired) electrons. The maximum absolute atomic E-state index is 9.14. The third-order valence-electron chi connectivity index (χ3n) is 4.05. The molecule has 4 rings (SSSR count). The normalized spacial score (nSPS) is 16.4. The molecule has 7 nitrogen and oxygen atoms in total. The molecule has 0 unspecified atom stereocenters. The van der Waals surface area contributed by atoms with Crippen LogP contribution in [0.25, 0.3) is 22.4 Å². The van der Waals surface area contributed by atoms with E-state index in [2.05, 4.69) is 25.1 Å². The van der Waals surface area contributed by atoms with Crippen LogP contribution in [0.4, 0.5) is 0 Å². The highest BCUT2D eigenvalue weighted by Crippen LogP contribution is 2.26. The molecule has 1 fully saturated rings. The molecule has 0 bridgehead atoms. The average Bonchev–Trinajstić information content (AvgIpc) is 3.21. The number of hydrogen-bond donors (Lipinski definition) is 3. The largest absolute Gasteiger partial charge is 0.388 e.